The van der Waals surface area contributed by atoms with Gasteiger partial charge in [0.05, 0.1) is 6.20 Å². The van der Waals surface area contributed by atoms with E-state index in [4.69, 9.17) is 0 Å². The molecule has 3 heteroatoms. The highest BCUT2D eigenvalue weighted by molar-refractivity contribution is 8.37. The lowest BCUT2D eigenvalue weighted by Crippen LogP contribution is -1.84. The van der Waals surface area contributed by atoms with E-state index in [9.17, 15) is 0 Å². The summed E-state index contributed by atoms with van der Waals surface area (Å²) in [4.78, 5) is 1.31. The Kier molecular flexibility index (Phi) is 1.27. The fraction of sp³-hybridized carbons (Fsp3) is 0. The Morgan fingerprint density at radius 2 is 2.00 bits per heavy atom. The molecule has 1 spiro atoms. The van der Waals surface area contributed by atoms with Crippen molar-refractivity contribution < 1.29 is 0 Å². The molecule has 13 heavy (non-hydrogen) atoms. The Labute approximate surface area is 78.1 Å². The van der Waals surface area contributed by atoms with Crippen LogP contribution in [-0.2, 0) is 0 Å². The van der Waals surface area contributed by atoms with Crippen molar-refractivity contribution in [3.05, 3.63) is 46.8 Å². The van der Waals surface area contributed by atoms with E-state index < -0.39 is 10.2 Å². The van der Waals surface area contributed by atoms with E-state index in [0.29, 0.717) is 0 Å². The minimum Gasteiger partial charge on any atom is -0.152 e. The third-order valence-electron chi connectivity index (χ3n) is 2.24. The van der Waals surface area contributed by atoms with Gasteiger partial charge in [-0.1, -0.05) is 28.4 Å². The molecule has 0 bridgehead atoms. The summed E-state index contributed by atoms with van der Waals surface area (Å²) in [7, 11) is -1.19. The van der Waals surface area contributed by atoms with Gasteiger partial charge >= 0.3 is 0 Å². The van der Waals surface area contributed by atoms with E-state index in [-0.39, 0.29) is 0 Å². The van der Waals surface area contributed by atoms with Crippen LogP contribution in [0.5, 0.6) is 0 Å². The van der Waals surface area contributed by atoms with Gasteiger partial charge in [-0.3, -0.25) is 0 Å². The lowest BCUT2D eigenvalue weighted by molar-refractivity contribution is 1.34. The smallest absolute Gasteiger partial charge is 0.0573 e. The van der Waals surface area contributed by atoms with Crippen molar-refractivity contribution in [2.45, 2.75) is 4.90 Å². The molecule has 1 aromatic carbocycles. The molecule has 0 aromatic heterocycles. The minimum absolute atomic E-state index is 1.19. The highest BCUT2D eigenvalue weighted by Gasteiger charge is 2.28. The van der Waals surface area contributed by atoms with Gasteiger partial charge in [-0.05, 0) is 23.1 Å². The molecule has 2 aliphatic rings. The topological polar surface area (TPSA) is 24.7 Å². The van der Waals surface area contributed by atoms with E-state index in [0.717, 1.165) is 0 Å². The van der Waals surface area contributed by atoms with Crippen molar-refractivity contribution in [2.24, 2.45) is 9.63 Å². The van der Waals surface area contributed by atoms with Gasteiger partial charge in [-0.2, -0.15) is 5.11 Å². The fourth-order valence-corrected chi connectivity index (χ4v) is 3.80. The Bertz CT molecular complexity index is 434. The third kappa shape index (κ3) is 0.848. The average molecular weight is 188 g/mol. The van der Waals surface area contributed by atoms with Crippen LogP contribution >= 0.6 is 10.2 Å². The van der Waals surface area contributed by atoms with E-state index in [2.05, 4.69) is 50.8 Å². The zero-order valence-corrected chi connectivity index (χ0v) is 7.74. The maximum Gasteiger partial charge on any atom is 0.0573 e. The van der Waals surface area contributed by atoms with Crippen LogP contribution in [0.1, 0.15) is 5.56 Å². The van der Waals surface area contributed by atoms with Crippen LogP contribution in [0.3, 0.4) is 0 Å². The maximum absolute atomic E-state index is 4.32. The number of rotatable bonds is 0. The summed E-state index contributed by atoms with van der Waals surface area (Å²) in [5.41, 5.74) is 1.28. The van der Waals surface area contributed by atoms with Crippen molar-refractivity contribution in [1.82, 2.24) is 0 Å². The molecule has 2 nitrogen and oxygen atoms in total. The number of benzene rings is 1. The van der Waals surface area contributed by atoms with Gasteiger partial charge in [-0.15, -0.1) is 4.52 Å². The second-order valence-corrected chi connectivity index (χ2v) is 5.49. The van der Waals surface area contributed by atoms with Gasteiger partial charge in [0.1, 0.15) is 0 Å². The predicted molar refractivity (Wildman–Crippen MR) is 55.3 cm³/mol. The molecule has 0 aliphatic carbocycles. The lowest BCUT2D eigenvalue weighted by Gasteiger charge is -2.20. The summed E-state index contributed by atoms with van der Waals surface area (Å²) >= 11 is 0. The zero-order chi connectivity index (χ0) is 8.73. The van der Waals surface area contributed by atoms with Crippen molar-refractivity contribution >= 4 is 16.3 Å². The molecular weight excluding hydrogens is 180 g/mol. The molecule has 0 N–H and O–H groups in total. The van der Waals surface area contributed by atoms with Crippen molar-refractivity contribution in [3.63, 3.8) is 0 Å². The van der Waals surface area contributed by atoms with Crippen LogP contribution in [0.15, 0.2) is 55.8 Å². The van der Waals surface area contributed by atoms with Gasteiger partial charge in [0, 0.05) is 10.3 Å². The van der Waals surface area contributed by atoms with Gasteiger partial charge in [-0.25, -0.2) is 0 Å². The highest BCUT2D eigenvalue weighted by atomic mass is 32.3. The molecule has 2 aliphatic heterocycles. The molecule has 2 heterocycles. The van der Waals surface area contributed by atoms with Gasteiger partial charge < -0.3 is 0 Å². The number of nitrogens with zero attached hydrogens (tertiary/aromatic N) is 2. The van der Waals surface area contributed by atoms with E-state index in [1.165, 1.54) is 10.5 Å². The first-order valence-corrected chi connectivity index (χ1v) is 5.82. The van der Waals surface area contributed by atoms with Crippen LogP contribution in [0.4, 0.5) is 0 Å². The third-order valence-corrected chi connectivity index (χ3v) is 4.77. The predicted octanol–water partition coefficient (Wildman–Crippen LogP) is 3.69. The van der Waals surface area contributed by atoms with Crippen LogP contribution < -0.4 is 0 Å². The Morgan fingerprint density at radius 1 is 1.08 bits per heavy atom. The number of hydrogen-bond acceptors (Lipinski definition) is 2. The van der Waals surface area contributed by atoms with Gasteiger partial charge in [0.2, 0.25) is 0 Å². The summed E-state index contributed by atoms with van der Waals surface area (Å²) in [6.07, 6.45) is 3.93. The molecule has 3 rings (SSSR count). The summed E-state index contributed by atoms with van der Waals surface area (Å²) in [5, 5.41) is 8.23. The quantitative estimate of drug-likeness (QED) is 0.593. The lowest BCUT2D eigenvalue weighted by atomic mass is 10.2. The maximum atomic E-state index is 4.32. The molecule has 0 amide bonds. The second-order valence-electron chi connectivity index (χ2n) is 3.00. The van der Waals surface area contributed by atoms with Gasteiger partial charge in [0.25, 0.3) is 0 Å². The van der Waals surface area contributed by atoms with Crippen LogP contribution in [0.25, 0.3) is 6.08 Å². The van der Waals surface area contributed by atoms with Crippen LogP contribution in [0, 0.1) is 0 Å². The Morgan fingerprint density at radius 3 is 2.85 bits per heavy atom. The van der Waals surface area contributed by atoms with E-state index >= 15 is 0 Å². The largest absolute Gasteiger partial charge is 0.152 e. The Hall–Kier alpha value is -1.35. The van der Waals surface area contributed by atoms with Crippen molar-refractivity contribution in [2.75, 3.05) is 0 Å². The standard InChI is InChI=1S/C10H8N2S/c1-2-4-10-9(3-1)5-7-13(10)8-6-11-12-13/h1-8H. The molecular formula is C10H8N2S. The molecule has 0 fully saturated rings. The molecule has 1 unspecified atom stereocenters. The fourth-order valence-electron chi connectivity index (χ4n) is 1.61. The summed E-state index contributed by atoms with van der Waals surface area (Å²) in [6, 6.07) is 8.37. The average Bonchev–Trinajstić information content (AvgIpc) is 2.78. The van der Waals surface area contributed by atoms with Crippen LogP contribution in [0.2, 0.25) is 0 Å². The zero-order valence-electron chi connectivity index (χ0n) is 6.92. The van der Waals surface area contributed by atoms with Crippen LogP contribution in [-0.4, -0.2) is 0 Å². The Balaban J connectivity index is 2.28. The normalized spacial score (nSPS) is 32.3. The summed E-state index contributed by atoms with van der Waals surface area (Å²) in [6.45, 7) is 0. The first-order valence-electron chi connectivity index (χ1n) is 4.10. The number of fused-ring (bicyclic) bond motifs is 2. The molecule has 1 aromatic rings. The minimum atomic E-state index is -1.19. The SMILES string of the molecule is C1=CS2(C=Cc3ccccc32)N=N1. The van der Waals surface area contributed by atoms with Gasteiger partial charge in [0.15, 0.2) is 0 Å². The molecule has 64 valence electrons. The second kappa shape index (κ2) is 2.33. The number of hydrogen-bond donors (Lipinski definition) is 0. The molecule has 1 atom stereocenters. The van der Waals surface area contributed by atoms with E-state index in [1.54, 1.807) is 6.20 Å². The molecule has 0 saturated carbocycles. The highest BCUT2D eigenvalue weighted by Crippen LogP contribution is 2.66. The summed E-state index contributed by atoms with van der Waals surface area (Å²) in [5.74, 6) is 0. The molecule has 0 radical (unpaired) electrons. The van der Waals surface area contributed by atoms with E-state index in [1.807, 2.05) is 0 Å². The van der Waals surface area contributed by atoms with Crippen molar-refractivity contribution in [1.29, 1.82) is 0 Å². The molecule has 0 saturated heterocycles. The first-order chi connectivity index (χ1) is 6.41. The first kappa shape index (κ1) is 7.09. The van der Waals surface area contributed by atoms with Crippen molar-refractivity contribution in [3.8, 4) is 0 Å². The monoisotopic (exact) mass is 188 g/mol. The summed E-state index contributed by atoms with van der Waals surface area (Å²) < 4.78 is 4.32.